The molecule has 1 radical (unpaired) electrons. The first-order valence-corrected chi connectivity index (χ1v) is 4.78. The van der Waals surface area contributed by atoms with Crippen molar-refractivity contribution in [3.8, 4) is 11.5 Å². The van der Waals surface area contributed by atoms with Gasteiger partial charge in [-0.3, -0.25) is 0 Å². The molecule has 0 bridgehead atoms. The van der Waals surface area contributed by atoms with Gasteiger partial charge in [-0.05, 0) is 29.8 Å². The Morgan fingerprint density at radius 2 is 1.60 bits per heavy atom. The summed E-state index contributed by atoms with van der Waals surface area (Å²) in [5.74, 6) is 1.48. The lowest BCUT2D eigenvalue weighted by Gasteiger charge is -2.05. The van der Waals surface area contributed by atoms with Crippen LogP contribution in [0, 0.1) is 0 Å². The SMILES string of the molecule is [O]Cc1cccc(Oc2ccccc2)c1. The van der Waals surface area contributed by atoms with Gasteiger partial charge in [0.1, 0.15) is 18.1 Å². The van der Waals surface area contributed by atoms with E-state index < -0.39 is 0 Å². The number of ether oxygens (including phenoxy) is 1. The van der Waals surface area contributed by atoms with Gasteiger partial charge in [-0.15, -0.1) is 0 Å². The van der Waals surface area contributed by atoms with Crippen molar-refractivity contribution in [3.63, 3.8) is 0 Å². The molecule has 15 heavy (non-hydrogen) atoms. The molecule has 2 heteroatoms. The summed E-state index contributed by atoms with van der Waals surface area (Å²) in [6, 6.07) is 16.7. The van der Waals surface area contributed by atoms with Crippen LogP contribution < -0.4 is 4.74 Å². The van der Waals surface area contributed by atoms with Crippen molar-refractivity contribution in [3.05, 3.63) is 60.2 Å². The zero-order valence-electron chi connectivity index (χ0n) is 8.22. The molecule has 0 heterocycles. The first-order chi connectivity index (χ1) is 7.38. The Kier molecular flexibility index (Phi) is 3.00. The third-order valence-corrected chi connectivity index (χ3v) is 2.04. The Morgan fingerprint density at radius 3 is 2.33 bits per heavy atom. The minimum absolute atomic E-state index is 0.216. The molecule has 0 atom stereocenters. The van der Waals surface area contributed by atoms with E-state index in [9.17, 15) is 5.11 Å². The minimum Gasteiger partial charge on any atom is -0.457 e. The predicted octanol–water partition coefficient (Wildman–Crippen LogP) is 3.41. The molecule has 75 valence electrons. The molecule has 0 aliphatic heterocycles. The second-order valence-corrected chi connectivity index (χ2v) is 3.21. The Hall–Kier alpha value is -1.80. The van der Waals surface area contributed by atoms with Gasteiger partial charge in [-0.2, -0.15) is 0 Å². The molecule has 0 amide bonds. The number of hydrogen-bond donors (Lipinski definition) is 0. The molecule has 0 aliphatic carbocycles. The van der Waals surface area contributed by atoms with Crippen molar-refractivity contribution in [1.82, 2.24) is 0 Å². The van der Waals surface area contributed by atoms with Gasteiger partial charge in [0, 0.05) is 0 Å². The summed E-state index contributed by atoms with van der Waals surface area (Å²) in [6.45, 7) is -0.216. The fourth-order valence-corrected chi connectivity index (χ4v) is 1.32. The summed E-state index contributed by atoms with van der Waals surface area (Å²) in [5.41, 5.74) is 0.739. The first-order valence-electron chi connectivity index (χ1n) is 4.78. The Labute approximate surface area is 88.8 Å². The number of benzene rings is 2. The third kappa shape index (κ3) is 2.58. The summed E-state index contributed by atoms with van der Waals surface area (Å²) in [6.07, 6.45) is 0. The fourth-order valence-electron chi connectivity index (χ4n) is 1.32. The summed E-state index contributed by atoms with van der Waals surface area (Å²) in [5, 5.41) is 10.7. The van der Waals surface area contributed by atoms with Crippen LogP contribution in [0.5, 0.6) is 11.5 Å². The maximum absolute atomic E-state index is 10.7. The van der Waals surface area contributed by atoms with Crippen LogP contribution in [0.25, 0.3) is 0 Å². The van der Waals surface area contributed by atoms with E-state index in [1.807, 2.05) is 42.5 Å². The molecule has 0 unspecified atom stereocenters. The zero-order chi connectivity index (χ0) is 10.5. The van der Waals surface area contributed by atoms with Crippen LogP contribution in [0.3, 0.4) is 0 Å². The van der Waals surface area contributed by atoms with Gasteiger partial charge in [0.15, 0.2) is 0 Å². The third-order valence-electron chi connectivity index (χ3n) is 2.04. The molecule has 0 aromatic heterocycles. The van der Waals surface area contributed by atoms with Crippen molar-refractivity contribution in [1.29, 1.82) is 0 Å². The van der Waals surface area contributed by atoms with Gasteiger partial charge >= 0.3 is 0 Å². The molecule has 0 spiro atoms. The van der Waals surface area contributed by atoms with E-state index in [0.29, 0.717) is 5.75 Å². The molecule has 2 aromatic rings. The standard InChI is InChI=1S/C13H11O2/c14-10-11-5-4-8-13(9-11)15-12-6-2-1-3-7-12/h1-9H,10H2. The fraction of sp³-hybridized carbons (Fsp3) is 0.0769. The van der Waals surface area contributed by atoms with Gasteiger partial charge in [0.25, 0.3) is 0 Å². The summed E-state index contributed by atoms with van der Waals surface area (Å²) >= 11 is 0. The number of hydrogen-bond acceptors (Lipinski definition) is 1. The molecule has 0 aliphatic rings. The predicted molar refractivity (Wildman–Crippen MR) is 57.3 cm³/mol. The molecule has 0 N–H and O–H groups in total. The lowest BCUT2D eigenvalue weighted by Crippen LogP contribution is -1.86. The number of para-hydroxylation sites is 1. The monoisotopic (exact) mass is 199 g/mol. The highest BCUT2D eigenvalue weighted by Gasteiger charge is 1.97. The lowest BCUT2D eigenvalue weighted by atomic mass is 10.2. The van der Waals surface area contributed by atoms with Crippen LogP contribution in [0.2, 0.25) is 0 Å². The van der Waals surface area contributed by atoms with Crippen molar-refractivity contribution in [2.24, 2.45) is 0 Å². The Bertz CT molecular complexity index is 424. The summed E-state index contributed by atoms with van der Waals surface area (Å²) < 4.78 is 5.58. The van der Waals surface area contributed by atoms with E-state index >= 15 is 0 Å². The zero-order valence-corrected chi connectivity index (χ0v) is 8.22. The van der Waals surface area contributed by atoms with Crippen LogP contribution in [0.1, 0.15) is 5.56 Å². The maximum Gasteiger partial charge on any atom is 0.127 e. The first kappa shape index (κ1) is 9.74. The molecule has 2 rings (SSSR count). The minimum atomic E-state index is -0.216. The van der Waals surface area contributed by atoms with Gasteiger partial charge < -0.3 is 4.74 Å². The van der Waals surface area contributed by atoms with Crippen LogP contribution in [0.4, 0.5) is 0 Å². The van der Waals surface area contributed by atoms with Crippen molar-refractivity contribution in [2.45, 2.75) is 6.61 Å². The largest absolute Gasteiger partial charge is 0.457 e. The second kappa shape index (κ2) is 4.62. The van der Waals surface area contributed by atoms with E-state index in [0.717, 1.165) is 11.3 Å². The van der Waals surface area contributed by atoms with E-state index in [-0.39, 0.29) is 6.61 Å². The topological polar surface area (TPSA) is 29.1 Å². The van der Waals surface area contributed by atoms with Crippen LogP contribution in [-0.2, 0) is 11.7 Å². The van der Waals surface area contributed by atoms with Crippen molar-refractivity contribution < 1.29 is 9.84 Å². The molecule has 2 aromatic carbocycles. The average molecular weight is 199 g/mol. The molecule has 2 nitrogen and oxygen atoms in total. The molecular formula is C13H11O2. The van der Waals surface area contributed by atoms with Crippen molar-refractivity contribution >= 4 is 0 Å². The van der Waals surface area contributed by atoms with Gasteiger partial charge in [-0.1, -0.05) is 30.3 Å². The quantitative estimate of drug-likeness (QED) is 0.744. The van der Waals surface area contributed by atoms with E-state index in [4.69, 9.17) is 4.74 Å². The smallest absolute Gasteiger partial charge is 0.127 e. The highest BCUT2D eigenvalue weighted by molar-refractivity contribution is 5.33. The average Bonchev–Trinajstić information content (AvgIpc) is 2.31. The van der Waals surface area contributed by atoms with Gasteiger partial charge in [0.05, 0.1) is 0 Å². The Balaban J connectivity index is 2.17. The van der Waals surface area contributed by atoms with E-state index in [2.05, 4.69) is 0 Å². The van der Waals surface area contributed by atoms with Crippen LogP contribution >= 0.6 is 0 Å². The van der Waals surface area contributed by atoms with Gasteiger partial charge in [-0.25, -0.2) is 5.11 Å². The molecule has 0 fully saturated rings. The highest BCUT2D eigenvalue weighted by Crippen LogP contribution is 2.21. The lowest BCUT2D eigenvalue weighted by molar-refractivity contribution is 0.177. The van der Waals surface area contributed by atoms with Gasteiger partial charge in [0.2, 0.25) is 0 Å². The van der Waals surface area contributed by atoms with Crippen LogP contribution in [0.15, 0.2) is 54.6 Å². The second-order valence-electron chi connectivity index (χ2n) is 3.21. The van der Waals surface area contributed by atoms with E-state index in [1.165, 1.54) is 0 Å². The van der Waals surface area contributed by atoms with Crippen LogP contribution in [-0.4, -0.2) is 0 Å². The maximum atomic E-state index is 10.7. The normalized spacial score (nSPS) is 9.93. The highest BCUT2D eigenvalue weighted by atomic mass is 16.5. The Morgan fingerprint density at radius 1 is 0.867 bits per heavy atom. The van der Waals surface area contributed by atoms with Crippen molar-refractivity contribution in [2.75, 3.05) is 0 Å². The summed E-state index contributed by atoms with van der Waals surface area (Å²) in [4.78, 5) is 0. The molecule has 0 saturated heterocycles. The molecular weight excluding hydrogens is 188 g/mol. The van der Waals surface area contributed by atoms with E-state index in [1.54, 1.807) is 12.1 Å². The summed E-state index contributed by atoms with van der Waals surface area (Å²) in [7, 11) is 0. The number of rotatable bonds is 3. The molecule has 0 saturated carbocycles.